The zero-order valence-electron chi connectivity index (χ0n) is 14.1. The summed E-state index contributed by atoms with van der Waals surface area (Å²) in [5.74, 6) is -0.0408. The molecule has 0 saturated carbocycles. The highest BCUT2D eigenvalue weighted by molar-refractivity contribution is 5.92. The van der Waals surface area contributed by atoms with E-state index in [9.17, 15) is 18.0 Å². The van der Waals surface area contributed by atoms with Crippen LogP contribution in [0.1, 0.15) is 23.6 Å². The number of carbonyl (C=O) groups is 1. The maximum absolute atomic E-state index is 12.9. The lowest BCUT2D eigenvalue weighted by atomic mass is 10.1. The molecule has 26 heavy (non-hydrogen) atoms. The molecule has 0 aromatic heterocycles. The van der Waals surface area contributed by atoms with Gasteiger partial charge in [0, 0.05) is 12.2 Å². The van der Waals surface area contributed by atoms with E-state index in [2.05, 4.69) is 5.32 Å². The summed E-state index contributed by atoms with van der Waals surface area (Å²) in [7, 11) is 0. The monoisotopic (exact) mass is 388 g/mol. The van der Waals surface area contributed by atoms with Crippen molar-refractivity contribution in [2.75, 3.05) is 11.9 Å². The Morgan fingerprint density at radius 3 is 2.31 bits per heavy atom. The number of amides is 1. The van der Waals surface area contributed by atoms with Crippen LogP contribution in [0.15, 0.2) is 42.5 Å². The summed E-state index contributed by atoms with van der Waals surface area (Å²) in [6, 6.07) is 10.5. The minimum Gasteiger partial charge on any atom is -0.484 e. The quantitative estimate of drug-likeness (QED) is 0.780. The Balaban J connectivity index is 0.00000338. The standard InChI is InChI=1S/C18H19F3N2O2.ClH/c1-2-12-3-5-16(6-4-12)25-11-17(24)23-15-8-13(10-22)7-14(9-15)18(19,20)21;/h3-9H,2,10-11,22H2,1H3,(H,23,24);1H. The summed E-state index contributed by atoms with van der Waals surface area (Å²) in [5, 5.41) is 2.40. The van der Waals surface area contributed by atoms with Crippen LogP contribution >= 0.6 is 12.4 Å². The fraction of sp³-hybridized carbons (Fsp3) is 0.278. The van der Waals surface area contributed by atoms with Crippen LogP contribution in [0.4, 0.5) is 18.9 Å². The molecule has 2 aromatic carbocycles. The Kier molecular flexibility index (Phi) is 7.92. The molecule has 0 aliphatic heterocycles. The largest absolute Gasteiger partial charge is 0.484 e. The van der Waals surface area contributed by atoms with Gasteiger partial charge in [0.25, 0.3) is 5.91 Å². The molecule has 0 unspecified atom stereocenters. The zero-order chi connectivity index (χ0) is 18.4. The number of rotatable bonds is 6. The lowest BCUT2D eigenvalue weighted by molar-refractivity contribution is -0.137. The first-order chi connectivity index (χ1) is 11.8. The average molecular weight is 389 g/mol. The van der Waals surface area contributed by atoms with E-state index in [4.69, 9.17) is 10.5 Å². The van der Waals surface area contributed by atoms with Crippen molar-refractivity contribution in [3.63, 3.8) is 0 Å². The van der Waals surface area contributed by atoms with Gasteiger partial charge in [-0.1, -0.05) is 19.1 Å². The molecule has 2 aromatic rings. The predicted molar refractivity (Wildman–Crippen MR) is 96.5 cm³/mol. The molecule has 4 nitrogen and oxygen atoms in total. The van der Waals surface area contributed by atoms with Crippen molar-refractivity contribution < 1.29 is 22.7 Å². The molecule has 2 rings (SSSR count). The molecule has 0 atom stereocenters. The van der Waals surface area contributed by atoms with Crippen LogP contribution in [0.3, 0.4) is 0 Å². The molecule has 0 aliphatic rings. The van der Waals surface area contributed by atoms with Crippen LogP contribution in [-0.4, -0.2) is 12.5 Å². The van der Waals surface area contributed by atoms with Crippen molar-refractivity contribution in [3.05, 3.63) is 59.2 Å². The van der Waals surface area contributed by atoms with Crippen LogP contribution in [0, 0.1) is 0 Å². The third kappa shape index (κ3) is 6.24. The number of hydrogen-bond acceptors (Lipinski definition) is 3. The lowest BCUT2D eigenvalue weighted by Crippen LogP contribution is -2.21. The first-order valence-corrected chi connectivity index (χ1v) is 7.74. The Labute approximate surface area is 155 Å². The van der Waals surface area contributed by atoms with Gasteiger partial charge < -0.3 is 15.8 Å². The summed E-state index contributed by atoms with van der Waals surface area (Å²) in [4.78, 5) is 11.9. The highest BCUT2D eigenvalue weighted by Gasteiger charge is 2.31. The average Bonchev–Trinajstić information content (AvgIpc) is 2.59. The number of nitrogens with two attached hydrogens (primary N) is 1. The number of ether oxygens (including phenoxy) is 1. The van der Waals surface area contributed by atoms with Gasteiger partial charge in [-0.25, -0.2) is 0 Å². The van der Waals surface area contributed by atoms with Gasteiger partial charge in [-0.3, -0.25) is 4.79 Å². The third-order valence-electron chi connectivity index (χ3n) is 3.54. The maximum atomic E-state index is 12.9. The molecule has 0 bridgehead atoms. The summed E-state index contributed by atoms with van der Waals surface area (Å²) in [5.41, 5.74) is 6.00. The molecule has 0 saturated heterocycles. The summed E-state index contributed by atoms with van der Waals surface area (Å²) < 4.78 is 44.0. The minimum atomic E-state index is -4.51. The van der Waals surface area contributed by atoms with Crippen LogP contribution in [-0.2, 0) is 23.9 Å². The van der Waals surface area contributed by atoms with Crippen LogP contribution in [0.5, 0.6) is 5.75 Å². The van der Waals surface area contributed by atoms with Gasteiger partial charge in [0.1, 0.15) is 5.75 Å². The summed E-state index contributed by atoms with van der Waals surface area (Å²) >= 11 is 0. The number of hydrogen-bond donors (Lipinski definition) is 2. The number of anilines is 1. The fourth-order valence-corrected chi connectivity index (χ4v) is 2.21. The number of benzene rings is 2. The van der Waals surface area contributed by atoms with Crippen molar-refractivity contribution in [1.29, 1.82) is 0 Å². The predicted octanol–water partition coefficient (Wildman–Crippen LogP) is 4.17. The van der Waals surface area contributed by atoms with Crippen molar-refractivity contribution in [1.82, 2.24) is 0 Å². The molecule has 1 amide bonds. The van der Waals surface area contributed by atoms with Gasteiger partial charge >= 0.3 is 6.18 Å². The number of alkyl halides is 3. The molecule has 0 spiro atoms. The van der Waals surface area contributed by atoms with Crippen molar-refractivity contribution in [2.24, 2.45) is 5.73 Å². The van der Waals surface area contributed by atoms with E-state index in [1.54, 1.807) is 12.1 Å². The number of nitrogens with one attached hydrogen (secondary N) is 1. The molecule has 3 N–H and O–H groups in total. The normalized spacial score (nSPS) is 10.8. The molecule has 0 heterocycles. The Hall–Kier alpha value is -2.25. The van der Waals surface area contributed by atoms with Crippen molar-refractivity contribution in [2.45, 2.75) is 26.1 Å². The summed E-state index contributed by atoms with van der Waals surface area (Å²) in [6.07, 6.45) is -3.62. The van der Waals surface area contributed by atoms with E-state index in [0.717, 1.165) is 24.1 Å². The molecular formula is C18H20ClF3N2O2. The Morgan fingerprint density at radius 2 is 1.77 bits per heavy atom. The van der Waals surface area contributed by atoms with E-state index in [-0.39, 0.29) is 36.8 Å². The van der Waals surface area contributed by atoms with E-state index < -0.39 is 17.6 Å². The molecule has 8 heteroatoms. The van der Waals surface area contributed by atoms with E-state index in [1.165, 1.54) is 6.07 Å². The van der Waals surface area contributed by atoms with Gasteiger partial charge in [-0.05, 0) is 47.9 Å². The molecule has 0 radical (unpaired) electrons. The molecular weight excluding hydrogens is 369 g/mol. The molecule has 0 aliphatic carbocycles. The van der Waals surface area contributed by atoms with Crippen molar-refractivity contribution in [3.8, 4) is 5.75 Å². The maximum Gasteiger partial charge on any atom is 0.416 e. The Morgan fingerprint density at radius 1 is 1.12 bits per heavy atom. The topological polar surface area (TPSA) is 64.3 Å². The van der Waals surface area contributed by atoms with E-state index in [0.29, 0.717) is 5.75 Å². The van der Waals surface area contributed by atoms with Crippen LogP contribution in [0.2, 0.25) is 0 Å². The first kappa shape index (κ1) is 21.8. The second-order valence-corrected chi connectivity index (χ2v) is 5.45. The molecule has 142 valence electrons. The smallest absolute Gasteiger partial charge is 0.416 e. The zero-order valence-corrected chi connectivity index (χ0v) is 14.9. The number of halogens is 4. The van der Waals surface area contributed by atoms with Crippen molar-refractivity contribution >= 4 is 24.0 Å². The van der Waals surface area contributed by atoms with E-state index in [1.807, 2.05) is 19.1 Å². The summed E-state index contributed by atoms with van der Waals surface area (Å²) in [6.45, 7) is 1.65. The minimum absolute atomic E-state index is 0. The van der Waals surface area contributed by atoms with E-state index >= 15 is 0 Å². The van der Waals surface area contributed by atoms with Crippen LogP contribution < -0.4 is 15.8 Å². The third-order valence-corrected chi connectivity index (χ3v) is 3.54. The second-order valence-electron chi connectivity index (χ2n) is 5.45. The SMILES string of the molecule is CCc1ccc(OCC(=O)Nc2cc(CN)cc(C(F)(F)F)c2)cc1.Cl. The highest BCUT2D eigenvalue weighted by Crippen LogP contribution is 2.32. The van der Waals surface area contributed by atoms with Gasteiger partial charge in [-0.2, -0.15) is 13.2 Å². The van der Waals surface area contributed by atoms with Gasteiger partial charge in [0.2, 0.25) is 0 Å². The number of aryl methyl sites for hydroxylation is 1. The molecule has 0 fully saturated rings. The van der Waals surface area contributed by atoms with Gasteiger partial charge in [0.15, 0.2) is 6.61 Å². The highest BCUT2D eigenvalue weighted by atomic mass is 35.5. The number of carbonyl (C=O) groups excluding carboxylic acids is 1. The van der Waals surface area contributed by atoms with Gasteiger partial charge in [0.05, 0.1) is 5.56 Å². The second kappa shape index (κ2) is 9.45. The Bertz CT molecular complexity index is 734. The van der Waals surface area contributed by atoms with Crippen LogP contribution in [0.25, 0.3) is 0 Å². The van der Waals surface area contributed by atoms with Gasteiger partial charge in [-0.15, -0.1) is 12.4 Å². The first-order valence-electron chi connectivity index (χ1n) is 7.74. The lowest BCUT2D eigenvalue weighted by Gasteiger charge is -2.13. The fourth-order valence-electron chi connectivity index (χ4n) is 2.21.